The lowest BCUT2D eigenvalue weighted by Crippen LogP contribution is -2.35. The lowest BCUT2D eigenvalue weighted by atomic mass is 10.0. The number of anilines is 2. The van der Waals surface area contributed by atoms with Crippen molar-refractivity contribution >= 4 is 50.5 Å². The number of hydrogen-bond donors (Lipinski definition) is 1. The Hall–Kier alpha value is -2.54. The van der Waals surface area contributed by atoms with Crippen LogP contribution < -0.4 is 9.62 Å². The van der Waals surface area contributed by atoms with Gasteiger partial charge in [0.1, 0.15) is 0 Å². The fourth-order valence-electron chi connectivity index (χ4n) is 3.42. The summed E-state index contributed by atoms with van der Waals surface area (Å²) in [6.45, 7) is 0.383. The molecule has 3 aromatic carbocycles. The van der Waals surface area contributed by atoms with Crippen LogP contribution in [0, 0.1) is 0 Å². The van der Waals surface area contributed by atoms with Crippen molar-refractivity contribution in [3.8, 4) is 0 Å². The minimum absolute atomic E-state index is 0.185. The summed E-state index contributed by atoms with van der Waals surface area (Å²) in [6.07, 6.45) is 1.37. The lowest BCUT2D eigenvalue weighted by Gasteiger charge is -2.30. The first kappa shape index (κ1) is 20.7. The van der Waals surface area contributed by atoms with Gasteiger partial charge in [0, 0.05) is 27.8 Å². The van der Waals surface area contributed by atoms with Gasteiger partial charge in [-0.05, 0) is 85.1 Å². The van der Waals surface area contributed by atoms with E-state index in [0.717, 1.165) is 5.56 Å². The monoisotopic (exact) mass is 460 g/mol. The van der Waals surface area contributed by atoms with Crippen molar-refractivity contribution in [2.24, 2.45) is 0 Å². The van der Waals surface area contributed by atoms with Crippen molar-refractivity contribution in [3.63, 3.8) is 0 Å². The summed E-state index contributed by atoms with van der Waals surface area (Å²) in [5.41, 5.74) is 2.52. The fourth-order valence-corrected chi connectivity index (χ4v) is 5.22. The molecule has 8 heteroatoms. The van der Waals surface area contributed by atoms with Gasteiger partial charge in [-0.2, -0.15) is 0 Å². The predicted molar refractivity (Wildman–Crippen MR) is 120 cm³/mol. The van der Waals surface area contributed by atoms with E-state index >= 15 is 0 Å². The maximum atomic E-state index is 13.1. The van der Waals surface area contributed by atoms with E-state index in [4.69, 9.17) is 23.2 Å². The number of nitrogens with zero attached hydrogens (tertiary/aromatic N) is 1. The third kappa shape index (κ3) is 4.17. The van der Waals surface area contributed by atoms with Crippen LogP contribution in [0.2, 0.25) is 10.0 Å². The highest BCUT2D eigenvalue weighted by molar-refractivity contribution is 7.92. The highest BCUT2D eigenvalue weighted by Gasteiger charge is 2.29. The van der Waals surface area contributed by atoms with Crippen LogP contribution >= 0.6 is 23.2 Å². The predicted octanol–water partition coefficient (Wildman–Crippen LogP) is 5.39. The first-order valence-corrected chi connectivity index (χ1v) is 11.5. The molecule has 3 aromatic rings. The lowest BCUT2D eigenvalue weighted by molar-refractivity contribution is 0.102. The summed E-state index contributed by atoms with van der Waals surface area (Å²) in [4.78, 5) is 12.8. The molecule has 1 heterocycles. The Balaban J connectivity index is 1.61. The Labute approximate surface area is 185 Å². The Morgan fingerprint density at radius 1 is 0.900 bits per heavy atom. The van der Waals surface area contributed by atoms with Crippen LogP contribution in [-0.4, -0.2) is 20.9 Å². The SMILES string of the molecule is O=C(Nc1ccc(Cl)cc1)c1ccc2c(c1)CCCN2S(=O)(=O)c1ccc(Cl)cc1. The molecule has 0 spiro atoms. The molecule has 0 radical (unpaired) electrons. The quantitative estimate of drug-likeness (QED) is 0.567. The van der Waals surface area contributed by atoms with Crippen LogP contribution in [0.3, 0.4) is 0 Å². The van der Waals surface area contributed by atoms with E-state index in [1.807, 2.05) is 0 Å². The third-order valence-electron chi connectivity index (χ3n) is 4.92. The molecule has 1 aliphatic heterocycles. The molecule has 30 heavy (non-hydrogen) atoms. The first-order valence-electron chi connectivity index (χ1n) is 9.33. The molecule has 0 bridgehead atoms. The minimum atomic E-state index is -3.72. The zero-order chi connectivity index (χ0) is 21.3. The van der Waals surface area contributed by atoms with E-state index in [0.29, 0.717) is 46.4 Å². The molecule has 0 aliphatic carbocycles. The summed E-state index contributed by atoms with van der Waals surface area (Å²) in [7, 11) is -3.72. The number of nitrogens with one attached hydrogen (secondary N) is 1. The molecule has 0 aromatic heterocycles. The van der Waals surface area contributed by atoms with Crippen LogP contribution in [0.25, 0.3) is 0 Å². The van der Waals surface area contributed by atoms with E-state index in [1.165, 1.54) is 16.4 Å². The van der Waals surface area contributed by atoms with Crippen LogP contribution in [0.5, 0.6) is 0 Å². The molecule has 0 fully saturated rings. The molecule has 5 nitrogen and oxygen atoms in total. The maximum Gasteiger partial charge on any atom is 0.264 e. The van der Waals surface area contributed by atoms with Gasteiger partial charge < -0.3 is 5.32 Å². The van der Waals surface area contributed by atoms with Gasteiger partial charge in [-0.1, -0.05) is 23.2 Å². The Morgan fingerprint density at radius 2 is 1.53 bits per heavy atom. The van der Waals surface area contributed by atoms with Crippen molar-refractivity contribution < 1.29 is 13.2 Å². The van der Waals surface area contributed by atoms with Gasteiger partial charge in [-0.25, -0.2) is 8.42 Å². The van der Waals surface area contributed by atoms with E-state index < -0.39 is 10.0 Å². The number of amides is 1. The number of fused-ring (bicyclic) bond motifs is 1. The summed E-state index contributed by atoms with van der Waals surface area (Å²) in [5.74, 6) is -0.266. The third-order valence-corrected chi connectivity index (χ3v) is 7.25. The van der Waals surface area contributed by atoms with E-state index in [2.05, 4.69) is 5.32 Å². The van der Waals surface area contributed by atoms with E-state index in [-0.39, 0.29) is 10.8 Å². The van der Waals surface area contributed by atoms with Crippen molar-refractivity contribution in [3.05, 3.63) is 87.9 Å². The topological polar surface area (TPSA) is 66.5 Å². The van der Waals surface area contributed by atoms with Gasteiger partial charge in [-0.3, -0.25) is 9.10 Å². The molecule has 0 saturated carbocycles. The molecular formula is C22H18Cl2N2O3S. The van der Waals surface area contributed by atoms with Crippen molar-refractivity contribution in [2.75, 3.05) is 16.2 Å². The molecule has 0 saturated heterocycles. The fraction of sp³-hybridized carbons (Fsp3) is 0.136. The molecule has 0 unspecified atom stereocenters. The van der Waals surface area contributed by atoms with Crippen molar-refractivity contribution in [2.45, 2.75) is 17.7 Å². The molecule has 154 valence electrons. The van der Waals surface area contributed by atoms with Gasteiger partial charge in [0.2, 0.25) is 0 Å². The Bertz CT molecular complexity index is 1190. The first-order chi connectivity index (χ1) is 14.3. The number of benzene rings is 3. The van der Waals surface area contributed by atoms with Gasteiger partial charge in [0.25, 0.3) is 15.9 Å². The van der Waals surface area contributed by atoms with Gasteiger partial charge in [-0.15, -0.1) is 0 Å². The van der Waals surface area contributed by atoms with E-state index in [1.54, 1.807) is 54.6 Å². The number of carbonyl (C=O) groups is 1. The second kappa shape index (κ2) is 8.30. The number of hydrogen-bond acceptors (Lipinski definition) is 3. The van der Waals surface area contributed by atoms with Crippen LogP contribution in [0.15, 0.2) is 71.6 Å². The molecule has 0 atom stereocenters. The number of rotatable bonds is 4. The number of sulfonamides is 1. The summed E-state index contributed by atoms with van der Waals surface area (Å²) in [5, 5.41) is 3.89. The van der Waals surface area contributed by atoms with Crippen LogP contribution in [0.4, 0.5) is 11.4 Å². The van der Waals surface area contributed by atoms with Gasteiger partial charge >= 0.3 is 0 Å². The minimum Gasteiger partial charge on any atom is -0.322 e. The normalized spacial score (nSPS) is 13.6. The Kier molecular flexibility index (Phi) is 5.73. The molecule has 1 aliphatic rings. The second-order valence-corrected chi connectivity index (χ2v) is 9.67. The highest BCUT2D eigenvalue weighted by atomic mass is 35.5. The standard InChI is InChI=1S/C22H18Cl2N2O3S/c23-17-4-8-19(9-5-17)25-22(27)16-3-12-21-15(14-16)2-1-13-26(21)30(28,29)20-10-6-18(24)7-11-20/h3-12,14H,1-2,13H2,(H,25,27). The van der Waals surface area contributed by atoms with Crippen molar-refractivity contribution in [1.82, 2.24) is 0 Å². The average Bonchev–Trinajstić information content (AvgIpc) is 2.74. The molecular weight excluding hydrogens is 443 g/mol. The van der Waals surface area contributed by atoms with Crippen LogP contribution in [-0.2, 0) is 16.4 Å². The van der Waals surface area contributed by atoms with Crippen molar-refractivity contribution in [1.29, 1.82) is 0 Å². The van der Waals surface area contributed by atoms with Gasteiger partial charge in [0.05, 0.1) is 10.6 Å². The highest BCUT2D eigenvalue weighted by Crippen LogP contribution is 2.33. The number of halogens is 2. The maximum absolute atomic E-state index is 13.1. The van der Waals surface area contributed by atoms with Gasteiger partial charge in [0.15, 0.2) is 0 Å². The molecule has 1 amide bonds. The summed E-state index contributed by atoms with van der Waals surface area (Å²) in [6, 6.07) is 18.0. The smallest absolute Gasteiger partial charge is 0.264 e. The summed E-state index contributed by atoms with van der Waals surface area (Å²) < 4.78 is 27.7. The Morgan fingerprint density at radius 3 is 2.20 bits per heavy atom. The largest absolute Gasteiger partial charge is 0.322 e. The zero-order valence-electron chi connectivity index (χ0n) is 15.8. The zero-order valence-corrected chi connectivity index (χ0v) is 18.1. The average molecular weight is 461 g/mol. The number of aryl methyl sites for hydroxylation is 1. The molecule has 4 rings (SSSR count). The second-order valence-electron chi connectivity index (χ2n) is 6.94. The molecule has 1 N–H and O–H groups in total. The van der Waals surface area contributed by atoms with Crippen LogP contribution in [0.1, 0.15) is 22.3 Å². The summed E-state index contributed by atoms with van der Waals surface area (Å²) >= 11 is 11.8. The number of carbonyl (C=O) groups excluding carboxylic acids is 1. The van der Waals surface area contributed by atoms with E-state index in [9.17, 15) is 13.2 Å².